The van der Waals surface area contributed by atoms with Gasteiger partial charge in [-0.25, -0.2) is 0 Å². The maximum Gasteiger partial charge on any atom is 0.243 e. The molecule has 4 atom stereocenters. The standard InChI is InChI=1S/C20H27N3O3S/c1-12-5-2-6-13(11-12)20(14(18(21)25)7-3-9-16(20)27)23-19(26)15-8-4-10-17(24)22-15/h2,5-6,11,14-16,27H,3-4,7-10H2,1H3,(H2,21,25)(H,22,24)(H,23,26)/t14?,15-,16?,20+/m0/s1. The topological polar surface area (TPSA) is 101 Å². The minimum atomic E-state index is -0.988. The van der Waals surface area contributed by atoms with Crippen molar-refractivity contribution in [2.75, 3.05) is 0 Å². The van der Waals surface area contributed by atoms with Gasteiger partial charge in [0.15, 0.2) is 0 Å². The molecule has 3 rings (SSSR count). The molecule has 2 aliphatic rings. The van der Waals surface area contributed by atoms with Gasteiger partial charge in [0.2, 0.25) is 17.7 Å². The maximum atomic E-state index is 13.1. The zero-order valence-corrected chi connectivity index (χ0v) is 16.4. The van der Waals surface area contributed by atoms with Crippen molar-refractivity contribution in [1.29, 1.82) is 0 Å². The third-order valence-electron chi connectivity index (χ3n) is 5.76. The van der Waals surface area contributed by atoms with Crippen LogP contribution in [0.25, 0.3) is 0 Å². The molecule has 1 aliphatic heterocycles. The number of amides is 3. The van der Waals surface area contributed by atoms with E-state index in [0.717, 1.165) is 24.0 Å². The molecule has 1 aliphatic carbocycles. The lowest BCUT2D eigenvalue weighted by atomic mass is 9.67. The Bertz CT molecular complexity index is 754. The molecule has 7 heteroatoms. The fraction of sp³-hybridized carbons (Fsp3) is 0.550. The monoisotopic (exact) mass is 389 g/mol. The molecule has 0 aromatic heterocycles. The Hall–Kier alpha value is -2.02. The minimum absolute atomic E-state index is 0.122. The number of carbonyl (C=O) groups excluding carboxylic acids is 3. The van der Waals surface area contributed by atoms with Gasteiger partial charge in [0, 0.05) is 11.7 Å². The fourth-order valence-electron chi connectivity index (χ4n) is 4.40. The highest BCUT2D eigenvalue weighted by Gasteiger charge is 2.52. The van der Waals surface area contributed by atoms with E-state index >= 15 is 0 Å². The van der Waals surface area contributed by atoms with E-state index in [2.05, 4.69) is 10.6 Å². The highest BCUT2D eigenvalue weighted by Crippen LogP contribution is 2.45. The van der Waals surface area contributed by atoms with Crippen LogP contribution in [0.4, 0.5) is 0 Å². The molecule has 0 spiro atoms. The first-order valence-corrected chi connectivity index (χ1v) is 10.0. The molecule has 146 valence electrons. The maximum absolute atomic E-state index is 13.1. The zero-order chi connectivity index (χ0) is 19.6. The predicted molar refractivity (Wildman–Crippen MR) is 106 cm³/mol. The molecule has 1 saturated carbocycles. The molecule has 0 bridgehead atoms. The number of nitrogens with two attached hydrogens (primary N) is 1. The number of rotatable bonds is 4. The molecule has 3 amide bonds. The number of nitrogens with one attached hydrogen (secondary N) is 2. The molecule has 4 N–H and O–H groups in total. The van der Waals surface area contributed by atoms with Crippen LogP contribution in [0.3, 0.4) is 0 Å². The summed E-state index contributed by atoms with van der Waals surface area (Å²) in [5, 5.41) is 5.61. The second-order valence-electron chi connectivity index (χ2n) is 7.64. The van der Waals surface area contributed by atoms with E-state index in [0.29, 0.717) is 25.7 Å². The van der Waals surface area contributed by atoms with Crippen molar-refractivity contribution < 1.29 is 14.4 Å². The van der Waals surface area contributed by atoms with Crippen molar-refractivity contribution in [3.05, 3.63) is 35.4 Å². The summed E-state index contributed by atoms with van der Waals surface area (Å²) in [6.45, 7) is 1.97. The molecule has 1 heterocycles. The predicted octanol–water partition coefficient (Wildman–Crippen LogP) is 1.56. The van der Waals surface area contributed by atoms with E-state index in [4.69, 9.17) is 18.4 Å². The van der Waals surface area contributed by atoms with Gasteiger partial charge in [-0.15, -0.1) is 0 Å². The van der Waals surface area contributed by atoms with Gasteiger partial charge in [-0.2, -0.15) is 12.6 Å². The van der Waals surface area contributed by atoms with E-state index < -0.39 is 23.4 Å². The first-order chi connectivity index (χ1) is 12.8. The summed E-state index contributed by atoms with van der Waals surface area (Å²) in [5.41, 5.74) is 6.64. The fourth-order valence-corrected chi connectivity index (χ4v) is 4.98. The van der Waals surface area contributed by atoms with Crippen molar-refractivity contribution in [2.24, 2.45) is 11.7 Å². The summed E-state index contributed by atoms with van der Waals surface area (Å²) in [4.78, 5) is 37.1. The minimum Gasteiger partial charge on any atom is -0.369 e. The van der Waals surface area contributed by atoms with Gasteiger partial charge in [0.25, 0.3) is 0 Å². The van der Waals surface area contributed by atoms with Crippen molar-refractivity contribution >= 4 is 30.4 Å². The van der Waals surface area contributed by atoms with E-state index in [1.165, 1.54) is 0 Å². The average Bonchev–Trinajstić information content (AvgIpc) is 2.63. The summed E-state index contributed by atoms with van der Waals surface area (Å²) in [6.07, 6.45) is 3.87. The van der Waals surface area contributed by atoms with E-state index in [-0.39, 0.29) is 17.1 Å². The van der Waals surface area contributed by atoms with Crippen LogP contribution in [0.1, 0.15) is 49.7 Å². The van der Waals surface area contributed by atoms with Gasteiger partial charge in [-0.1, -0.05) is 36.2 Å². The van der Waals surface area contributed by atoms with Crippen molar-refractivity contribution in [3.63, 3.8) is 0 Å². The van der Waals surface area contributed by atoms with Crippen LogP contribution in [-0.4, -0.2) is 29.0 Å². The molecule has 1 aromatic carbocycles. The largest absolute Gasteiger partial charge is 0.369 e. The highest BCUT2D eigenvalue weighted by atomic mass is 32.1. The molecular weight excluding hydrogens is 362 g/mol. The molecule has 0 radical (unpaired) electrons. The number of hydrogen-bond donors (Lipinski definition) is 4. The van der Waals surface area contributed by atoms with Crippen molar-refractivity contribution in [3.8, 4) is 0 Å². The third-order valence-corrected chi connectivity index (χ3v) is 6.43. The molecule has 2 unspecified atom stereocenters. The Balaban J connectivity index is 2.02. The number of primary amides is 1. The van der Waals surface area contributed by atoms with Crippen LogP contribution in [0.15, 0.2) is 24.3 Å². The number of carbonyl (C=O) groups is 3. The quantitative estimate of drug-likeness (QED) is 0.588. The van der Waals surface area contributed by atoms with Crippen molar-refractivity contribution in [1.82, 2.24) is 10.6 Å². The lowest BCUT2D eigenvalue weighted by molar-refractivity contribution is -0.135. The second kappa shape index (κ2) is 7.92. The Morgan fingerprint density at radius 2 is 2.04 bits per heavy atom. The summed E-state index contributed by atoms with van der Waals surface area (Å²) in [5.74, 6) is -1.40. The zero-order valence-electron chi connectivity index (χ0n) is 15.5. The average molecular weight is 390 g/mol. The van der Waals surface area contributed by atoms with Gasteiger partial charge in [-0.3, -0.25) is 14.4 Å². The third kappa shape index (κ3) is 3.83. The number of benzene rings is 1. The van der Waals surface area contributed by atoms with Crippen LogP contribution in [-0.2, 0) is 19.9 Å². The summed E-state index contributed by atoms with van der Waals surface area (Å²) >= 11 is 4.79. The molecule has 1 saturated heterocycles. The number of hydrogen-bond acceptors (Lipinski definition) is 4. The number of thiol groups is 1. The molecule has 1 aromatic rings. The van der Waals surface area contributed by atoms with Crippen LogP contribution in [0.5, 0.6) is 0 Å². The van der Waals surface area contributed by atoms with E-state index in [9.17, 15) is 14.4 Å². The van der Waals surface area contributed by atoms with Gasteiger partial charge in [-0.05, 0) is 38.2 Å². The van der Waals surface area contributed by atoms with Gasteiger partial charge in [0.1, 0.15) is 6.04 Å². The van der Waals surface area contributed by atoms with E-state index in [1.807, 2.05) is 31.2 Å². The number of aryl methyl sites for hydroxylation is 1. The first-order valence-electron chi connectivity index (χ1n) is 9.50. The van der Waals surface area contributed by atoms with Crippen LogP contribution >= 0.6 is 12.6 Å². The van der Waals surface area contributed by atoms with Gasteiger partial charge in [0.05, 0.1) is 11.5 Å². The summed E-state index contributed by atoms with van der Waals surface area (Å²) in [6, 6.07) is 7.18. The molecule has 6 nitrogen and oxygen atoms in total. The Kier molecular flexibility index (Phi) is 5.79. The summed E-state index contributed by atoms with van der Waals surface area (Å²) in [7, 11) is 0. The Labute approximate surface area is 165 Å². The lowest BCUT2D eigenvalue weighted by Gasteiger charge is -2.48. The molecular formula is C20H27N3O3S. The van der Waals surface area contributed by atoms with Crippen LogP contribution < -0.4 is 16.4 Å². The lowest BCUT2D eigenvalue weighted by Crippen LogP contribution is -2.64. The Morgan fingerprint density at radius 3 is 2.70 bits per heavy atom. The Morgan fingerprint density at radius 1 is 1.26 bits per heavy atom. The van der Waals surface area contributed by atoms with Crippen LogP contribution in [0.2, 0.25) is 0 Å². The second-order valence-corrected chi connectivity index (χ2v) is 8.27. The van der Waals surface area contributed by atoms with Gasteiger partial charge < -0.3 is 16.4 Å². The van der Waals surface area contributed by atoms with Crippen LogP contribution in [0, 0.1) is 12.8 Å². The normalized spacial score (nSPS) is 31.0. The van der Waals surface area contributed by atoms with Crippen molar-refractivity contribution in [2.45, 2.75) is 62.3 Å². The molecule has 27 heavy (non-hydrogen) atoms. The first kappa shape index (κ1) is 19.7. The number of piperidine rings is 1. The van der Waals surface area contributed by atoms with E-state index in [1.54, 1.807) is 0 Å². The van der Waals surface area contributed by atoms with Gasteiger partial charge >= 0.3 is 0 Å². The SMILES string of the molecule is Cc1cccc([C@]2(NC(=O)[C@@H]3CCCC(=O)N3)C(S)CCCC2C(N)=O)c1. The highest BCUT2D eigenvalue weighted by molar-refractivity contribution is 7.81. The molecule has 2 fully saturated rings. The summed E-state index contributed by atoms with van der Waals surface area (Å²) < 4.78 is 0. The smallest absolute Gasteiger partial charge is 0.243 e.